The van der Waals surface area contributed by atoms with Crippen LogP contribution in [0.3, 0.4) is 0 Å². The average molecular weight is 462 g/mol. The summed E-state index contributed by atoms with van der Waals surface area (Å²) in [6.07, 6.45) is 6.12. The minimum absolute atomic E-state index is 0.250. The van der Waals surface area contributed by atoms with E-state index in [1.807, 2.05) is 18.3 Å². The van der Waals surface area contributed by atoms with Crippen molar-refractivity contribution in [2.45, 2.75) is 38.8 Å². The average Bonchev–Trinajstić information content (AvgIpc) is 3.34. The van der Waals surface area contributed by atoms with Crippen molar-refractivity contribution in [3.63, 3.8) is 0 Å². The summed E-state index contributed by atoms with van der Waals surface area (Å²) in [6.45, 7) is 7.21. The Morgan fingerprint density at radius 2 is 1.91 bits per heavy atom. The summed E-state index contributed by atoms with van der Waals surface area (Å²) in [6, 6.07) is 12.5. The zero-order valence-corrected chi connectivity index (χ0v) is 20.5. The number of aryl methyl sites for hydroxylation is 1. The lowest BCUT2D eigenvalue weighted by molar-refractivity contribution is 0.0491. The molecule has 1 aromatic heterocycles. The van der Waals surface area contributed by atoms with Gasteiger partial charge in [-0.3, -0.25) is 9.80 Å². The normalized spacial score (nSPS) is 19.8. The summed E-state index contributed by atoms with van der Waals surface area (Å²) < 4.78 is 10.7. The zero-order chi connectivity index (χ0) is 23.7. The first-order chi connectivity index (χ1) is 16.6. The van der Waals surface area contributed by atoms with Gasteiger partial charge in [-0.2, -0.15) is 0 Å². The quantitative estimate of drug-likeness (QED) is 0.506. The molecule has 6 heteroatoms. The van der Waals surface area contributed by atoms with Crippen LogP contribution >= 0.6 is 0 Å². The molecular weight excluding hydrogens is 426 g/mol. The Morgan fingerprint density at radius 1 is 1.12 bits per heavy atom. The SMILES string of the molecule is COC(=O)c1ccc(C2CN(CC3CCC3)CCN2Cc2c(OC)cc(C)c3[nH]ccc23)cc1. The molecule has 2 heterocycles. The topological polar surface area (TPSA) is 57.8 Å². The third-order valence-electron chi connectivity index (χ3n) is 7.73. The van der Waals surface area contributed by atoms with Gasteiger partial charge in [0, 0.05) is 61.4 Å². The summed E-state index contributed by atoms with van der Waals surface area (Å²) >= 11 is 0. The number of aromatic amines is 1. The van der Waals surface area contributed by atoms with Crippen LogP contribution < -0.4 is 4.74 Å². The number of carbonyl (C=O) groups is 1. The highest BCUT2D eigenvalue weighted by Crippen LogP contribution is 2.36. The number of ether oxygens (including phenoxy) is 2. The number of methoxy groups -OCH3 is 2. The van der Waals surface area contributed by atoms with Gasteiger partial charge in [0.2, 0.25) is 0 Å². The van der Waals surface area contributed by atoms with Gasteiger partial charge in [0.1, 0.15) is 5.75 Å². The molecule has 1 saturated heterocycles. The van der Waals surface area contributed by atoms with Gasteiger partial charge in [0.15, 0.2) is 0 Å². The van der Waals surface area contributed by atoms with Crippen LogP contribution in [0.2, 0.25) is 0 Å². The number of aromatic nitrogens is 1. The predicted octanol–water partition coefficient (Wildman–Crippen LogP) is 4.93. The van der Waals surface area contributed by atoms with Crippen molar-refractivity contribution in [3.8, 4) is 5.75 Å². The molecule has 180 valence electrons. The Kier molecular flexibility index (Phi) is 6.61. The Labute approximate surface area is 201 Å². The molecule has 0 bridgehead atoms. The molecule has 1 aliphatic carbocycles. The number of nitrogens with one attached hydrogen (secondary N) is 1. The van der Waals surface area contributed by atoms with Crippen molar-refractivity contribution >= 4 is 16.9 Å². The number of piperazine rings is 1. The van der Waals surface area contributed by atoms with Gasteiger partial charge in [-0.15, -0.1) is 0 Å². The van der Waals surface area contributed by atoms with Crippen molar-refractivity contribution < 1.29 is 14.3 Å². The van der Waals surface area contributed by atoms with Crippen molar-refractivity contribution in [1.82, 2.24) is 14.8 Å². The minimum Gasteiger partial charge on any atom is -0.496 e. The monoisotopic (exact) mass is 461 g/mol. The number of nitrogens with zero attached hydrogens (tertiary/aromatic N) is 2. The fourth-order valence-corrected chi connectivity index (χ4v) is 5.53. The van der Waals surface area contributed by atoms with Gasteiger partial charge in [0.05, 0.1) is 19.8 Å². The molecule has 5 rings (SSSR count). The number of benzene rings is 2. The number of H-pyrrole nitrogens is 1. The lowest BCUT2D eigenvalue weighted by Crippen LogP contribution is -2.49. The highest BCUT2D eigenvalue weighted by molar-refractivity contribution is 5.89. The van der Waals surface area contributed by atoms with Crippen LogP contribution in [0, 0.1) is 12.8 Å². The van der Waals surface area contributed by atoms with E-state index in [-0.39, 0.29) is 12.0 Å². The molecular formula is C28H35N3O3. The molecule has 3 aromatic rings. The maximum atomic E-state index is 12.0. The van der Waals surface area contributed by atoms with Crippen molar-refractivity contribution in [1.29, 1.82) is 0 Å². The Balaban J connectivity index is 1.45. The van der Waals surface area contributed by atoms with Gasteiger partial charge >= 0.3 is 5.97 Å². The summed E-state index contributed by atoms with van der Waals surface area (Å²) in [4.78, 5) is 20.6. The summed E-state index contributed by atoms with van der Waals surface area (Å²) in [5, 5.41) is 1.23. The van der Waals surface area contributed by atoms with E-state index in [0.717, 1.165) is 37.8 Å². The second kappa shape index (κ2) is 9.80. The van der Waals surface area contributed by atoms with Crippen LogP contribution in [0.15, 0.2) is 42.6 Å². The summed E-state index contributed by atoms with van der Waals surface area (Å²) in [5.41, 5.74) is 5.43. The fraction of sp³-hybridized carbons (Fsp3) is 0.464. The molecule has 6 nitrogen and oxygen atoms in total. The lowest BCUT2D eigenvalue weighted by atomic mass is 9.84. The molecule has 1 N–H and O–H groups in total. The van der Waals surface area contributed by atoms with Crippen LogP contribution in [0.1, 0.15) is 52.4 Å². The Hall–Kier alpha value is -2.83. The van der Waals surface area contributed by atoms with Gasteiger partial charge < -0.3 is 14.5 Å². The molecule has 2 aliphatic rings. The molecule has 0 radical (unpaired) electrons. The molecule has 0 spiro atoms. The number of fused-ring (bicyclic) bond motifs is 1. The van der Waals surface area contributed by atoms with E-state index in [2.05, 4.69) is 46.0 Å². The maximum Gasteiger partial charge on any atom is 0.337 e. The van der Waals surface area contributed by atoms with Crippen LogP contribution in [-0.2, 0) is 11.3 Å². The Morgan fingerprint density at radius 3 is 2.59 bits per heavy atom. The number of carbonyl (C=O) groups excluding carboxylic acids is 1. The molecule has 0 amide bonds. The third-order valence-corrected chi connectivity index (χ3v) is 7.73. The van der Waals surface area contributed by atoms with Gasteiger partial charge in [-0.25, -0.2) is 4.79 Å². The second-order valence-electron chi connectivity index (χ2n) is 9.80. The Bertz CT molecular complexity index is 1150. The van der Waals surface area contributed by atoms with E-state index in [1.54, 1.807) is 7.11 Å². The number of esters is 1. The first-order valence-corrected chi connectivity index (χ1v) is 12.4. The molecule has 1 atom stereocenters. The van der Waals surface area contributed by atoms with Crippen molar-refractivity contribution in [3.05, 3.63) is 64.8 Å². The third kappa shape index (κ3) is 4.44. The van der Waals surface area contributed by atoms with Gasteiger partial charge in [-0.1, -0.05) is 18.6 Å². The predicted molar refractivity (Wildman–Crippen MR) is 134 cm³/mol. The molecule has 1 aliphatic heterocycles. The largest absolute Gasteiger partial charge is 0.496 e. The van der Waals surface area contributed by atoms with E-state index in [1.165, 1.54) is 60.5 Å². The standard InChI is InChI=1S/C28H35N3O3/c1-19-15-26(33-2)24(23-11-12-29-27(19)23)17-31-14-13-30(16-20-5-4-6-20)18-25(31)21-7-9-22(10-8-21)28(32)34-3/h7-12,15,20,25,29H,4-6,13-14,16-18H2,1-3H3. The van der Waals surface area contributed by atoms with Gasteiger partial charge in [0.25, 0.3) is 0 Å². The van der Waals surface area contributed by atoms with Gasteiger partial charge in [-0.05, 0) is 61.1 Å². The van der Waals surface area contributed by atoms with E-state index >= 15 is 0 Å². The first kappa shape index (κ1) is 22.9. The molecule has 1 saturated carbocycles. The highest BCUT2D eigenvalue weighted by atomic mass is 16.5. The number of rotatable bonds is 7. The van der Waals surface area contributed by atoms with E-state index in [0.29, 0.717) is 5.56 Å². The molecule has 2 aromatic carbocycles. The number of hydrogen-bond donors (Lipinski definition) is 1. The summed E-state index contributed by atoms with van der Waals surface area (Å²) in [5.74, 6) is 1.50. The highest BCUT2D eigenvalue weighted by Gasteiger charge is 2.31. The van der Waals surface area contributed by atoms with Crippen LogP contribution in [0.5, 0.6) is 5.75 Å². The molecule has 2 fully saturated rings. The van der Waals surface area contributed by atoms with Crippen molar-refractivity contribution in [2.24, 2.45) is 5.92 Å². The fourth-order valence-electron chi connectivity index (χ4n) is 5.53. The zero-order valence-electron chi connectivity index (χ0n) is 20.5. The molecule has 34 heavy (non-hydrogen) atoms. The van der Waals surface area contributed by atoms with Crippen molar-refractivity contribution in [2.75, 3.05) is 40.4 Å². The maximum absolute atomic E-state index is 12.0. The van der Waals surface area contributed by atoms with Crippen LogP contribution in [0.4, 0.5) is 0 Å². The summed E-state index contributed by atoms with van der Waals surface area (Å²) in [7, 11) is 3.19. The second-order valence-corrected chi connectivity index (χ2v) is 9.80. The van der Waals surface area contributed by atoms with Crippen LogP contribution in [0.25, 0.3) is 10.9 Å². The van der Waals surface area contributed by atoms with Crippen LogP contribution in [-0.4, -0.2) is 61.2 Å². The van der Waals surface area contributed by atoms with E-state index < -0.39 is 0 Å². The number of hydrogen-bond acceptors (Lipinski definition) is 5. The van der Waals surface area contributed by atoms with E-state index in [9.17, 15) is 4.79 Å². The van der Waals surface area contributed by atoms with E-state index in [4.69, 9.17) is 9.47 Å². The first-order valence-electron chi connectivity index (χ1n) is 12.4. The molecule has 1 unspecified atom stereocenters. The lowest BCUT2D eigenvalue weighted by Gasteiger charge is -2.44. The smallest absolute Gasteiger partial charge is 0.337 e. The minimum atomic E-state index is -0.294.